The van der Waals surface area contributed by atoms with E-state index in [1.54, 1.807) is 6.92 Å². The summed E-state index contributed by atoms with van der Waals surface area (Å²) in [4.78, 5) is 32.9. The molecule has 0 aliphatic rings. The molecule has 8 nitrogen and oxygen atoms in total. The zero-order valence-corrected chi connectivity index (χ0v) is 13.4. The molecule has 0 fully saturated rings. The van der Waals surface area contributed by atoms with Gasteiger partial charge < -0.3 is 15.2 Å². The molecular formula is C13H13Cl2N3O5. The molecule has 0 spiro atoms. The molecule has 0 aliphatic carbocycles. The minimum atomic E-state index is -1.17. The highest BCUT2D eigenvalue weighted by molar-refractivity contribution is 6.37. The molecule has 0 saturated heterocycles. The van der Waals surface area contributed by atoms with Crippen LogP contribution in [0.1, 0.15) is 12.5 Å². The third-order valence-corrected chi connectivity index (χ3v) is 2.85. The number of halogens is 2. The van der Waals surface area contributed by atoms with Gasteiger partial charge in [0.2, 0.25) is 0 Å². The first kappa shape index (κ1) is 18.7. The van der Waals surface area contributed by atoms with Gasteiger partial charge in [0.15, 0.2) is 12.4 Å². The fourth-order valence-electron chi connectivity index (χ4n) is 1.38. The van der Waals surface area contributed by atoms with Crippen molar-refractivity contribution in [2.75, 3.05) is 13.2 Å². The minimum Gasteiger partial charge on any atom is -0.479 e. The van der Waals surface area contributed by atoms with Crippen LogP contribution in [0.4, 0.5) is 0 Å². The van der Waals surface area contributed by atoms with Crippen molar-refractivity contribution < 1.29 is 24.2 Å². The maximum Gasteiger partial charge on any atom is 0.341 e. The molecule has 0 unspecified atom stereocenters. The molecule has 10 heteroatoms. The van der Waals surface area contributed by atoms with Crippen LogP contribution in [-0.2, 0) is 14.4 Å². The van der Waals surface area contributed by atoms with E-state index in [0.717, 1.165) is 0 Å². The van der Waals surface area contributed by atoms with Crippen molar-refractivity contribution in [3.63, 3.8) is 0 Å². The van der Waals surface area contributed by atoms with Crippen LogP contribution in [0.3, 0.4) is 0 Å². The van der Waals surface area contributed by atoms with Crippen molar-refractivity contribution in [1.82, 2.24) is 10.7 Å². The molecule has 3 N–H and O–H groups in total. The van der Waals surface area contributed by atoms with Gasteiger partial charge in [-0.1, -0.05) is 23.2 Å². The van der Waals surface area contributed by atoms with Crippen LogP contribution in [0.5, 0.6) is 5.75 Å². The molecule has 0 bridgehead atoms. The van der Waals surface area contributed by atoms with Gasteiger partial charge in [-0.2, -0.15) is 5.10 Å². The molecule has 0 radical (unpaired) electrons. The summed E-state index contributed by atoms with van der Waals surface area (Å²) in [6, 6.07) is 2.82. The number of carboxylic acid groups (broad SMARTS) is 1. The summed E-state index contributed by atoms with van der Waals surface area (Å²) in [5.74, 6) is -2.87. The van der Waals surface area contributed by atoms with Crippen molar-refractivity contribution in [2.24, 2.45) is 5.10 Å². The number of hydrogen-bond acceptors (Lipinski definition) is 5. The number of amides is 2. The molecule has 1 aromatic rings. The van der Waals surface area contributed by atoms with Gasteiger partial charge in [-0.15, -0.1) is 0 Å². The first-order valence-electron chi connectivity index (χ1n) is 6.30. The van der Waals surface area contributed by atoms with E-state index in [9.17, 15) is 14.4 Å². The Hall–Kier alpha value is -2.32. The van der Waals surface area contributed by atoms with Gasteiger partial charge in [-0.25, -0.2) is 10.2 Å². The average molecular weight is 362 g/mol. The molecule has 0 heterocycles. The SMILES string of the molecule is CCNC(=O)C(=O)N/N=C\c1cc(Cl)c(OCC(=O)O)c(Cl)c1. The number of carboxylic acids is 1. The van der Waals surface area contributed by atoms with Crippen LogP contribution in [0, 0.1) is 0 Å². The first-order chi connectivity index (χ1) is 10.8. The van der Waals surface area contributed by atoms with E-state index >= 15 is 0 Å². The summed E-state index contributed by atoms with van der Waals surface area (Å²) >= 11 is 11.9. The zero-order chi connectivity index (χ0) is 17.4. The van der Waals surface area contributed by atoms with Crippen molar-refractivity contribution in [3.8, 4) is 5.75 Å². The Balaban J connectivity index is 2.75. The second-order valence-electron chi connectivity index (χ2n) is 4.05. The van der Waals surface area contributed by atoms with E-state index in [4.69, 9.17) is 33.0 Å². The first-order valence-corrected chi connectivity index (χ1v) is 7.05. The predicted molar refractivity (Wildman–Crippen MR) is 84.0 cm³/mol. The minimum absolute atomic E-state index is 0.0271. The van der Waals surface area contributed by atoms with Crippen molar-refractivity contribution in [1.29, 1.82) is 0 Å². The van der Waals surface area contributed by atoms with Gasteiger partial charge in [0, 0.05) is 6.54 Å². The Morgan fingerprint density at radius 1 is 1.26 bits per heavy atom. The van der Waals surface area contributed by atoms with Crippen molar-refractivity contribution in [3.05, 3.63) is 27.7 Å². The normalized spacial score (nSPS) is 10.4. The Labute approximate surface area is 141 Å². The Bertz CT molecular complexity index is 625. The smallest absolute Gasteiger partial charge is 0.341 e. The second kappa shape index (κ2) is 8.96. The number of nitrogens with zero attached hydrogens (tertiary/aromatic N) is 1. The zero-order valence-electron chi connectivity index (χ0n) is 11.9. The van der Waals surface area contributed by atoms with E-state index in [1.165, 1.54) is 18.3 Å². The maximum atomic E-state index is 11.3. The van der Waals surface area contributed by atoms with E-state index in [2.05, 4.69) is 10.4 Å². The van der Waals surface area contributed by atoms with Crippen LogP contribution in [0.2, 0.25) is 10.0 Å². The summed E-state index contributed by atoms with van der Waals surface area (Å²) < 4.78 is 4.95. The molecule has 0 aliphatic heterocycles. The molecule has 0 saturated carbocycles. The lowest BCUT2D eigenvalue weighted by molar-refractivity contribution is -0.139. The van der Waals surface area contributed by atoms with Crippen LogP contribution in [-0.4, -0.2) is 42.3 Å². The summed E-state index contributed by atoms with van der Waals surface area (Å²) in [5, 5.41) is 14.6. The van der Waals surface area contributed by atoms with Crippen molar-refractivity contribution >= 4 is 47.2 Å². The molecule has 1 aromatic carbocycles. The summed E-state index contributed by atoms with van der Waals surface area (Å²) in [6.07, 6.45) is 1.22. The van der Waals surface area contributed by atoms with E-state index < -0.39 is 24.4 Å². The quantitative estimate of drug-likeness (QED) is 0.397. The summed E-state index contributed by atoms with van der Waals surface area (Å²) in [6.45, 7) is 1.40. The molecule has 1 rings (SSSR count). The largest absolute Gasteiger partial charge is 0.479 e. The molecular weight excluding hydrogens is 349 g/mol. The average Bonchev–Trinajstić information content (AvgIpc) is 2.46. The van der Waals surface area contributed by atoms with Gasteiger partial charge in [-0.3, -0.25) is 9.59 Å². The maximum absolute atomic E-state index is 11.3. The predicted octanol–water partition coefficient (Wildman–Crippen LogP) is 1.04. The van der Waals surface area contributed by atoms with Crippen molar-refractivity contribution in [2.45, 2.75) is 6.92 Å². The van der Waals surface area contributed by atoms with Gasteiger partial charge in [0.25, 0.3) is 0 Å². The highest BCUT2D eigenvalue weighted by Crippen LogP contribution is 2.33. The third kappa shape index (κ3) is 6.13. The van der Waals surface area contributed by atoms with Crippen LogP contribution < -0.4 is 15.5 Å². The van der Waals surface area contributed by atoms with E-state index in [-0.39, 0.29) is 15.8 Å². The second-order valence-corrected chi connectivity index (χ2v) is 4.87. The number of benzene rings is 1. The number of rotatable bonds is 6. The number of carbonyl (C=O) groups excluding carboxylic acids is 2. The monoisotopic (exact) mass is 361 g/mol. The van der Waals surface area contributed by atoms with Crippen LogP contribution in [0.25, 0.3) is 0 Å². The lowest BCUT2D eigenvalue weighted by Gasteiger charge is -2.08. The van der Waals surface area contributed by atoms with E-state index in [0.29, 0.717) is 12.1 Å². The van der Waals surface area contributed by atoms with Gasteiger partial charge in [0.1, 0.15) is 0 Å². The molecule has 0 aromatic heterocycles. The number of aliphatic carboxylic acids is 1. The standard InChI is InChI=1S/C13H13Cl2N3O5/c1-2-16-12(21)13(22)18-17-5-7-3-8(14)11(9(15)4-7)23-6-10(19)20/h3-5H,2,6H2,1H3,(H,16,21)(H,18,22)(H,19,20)/b17-5-. The molecule has 0 atom stereocenters. The van der Waals surface area contributed by atoms with Gasteiger partial charge in [-0.05, 0) is 24.6 Å². The van der Waals surface area contributed by atoms with Gasteiger partial charge >= 0.3 is 17.8 Å². The van der Waals surface area contributed by atoms with Crippen LogP contribution >= 0.6 is 23.2 Å². The molecule has 2 amide bonds. The lowest BCUT2D eigenvalue weighted by atomic mass is 10.2. The highest BCUT2D eigenvalue weighted by Gasteiger charge is 2.12. The number of hydrazone groups is 1. The lowest BCUT2D eigenvalue weighted by Crippen LogP contribution is -2.37. The Morgan fingerprint density at radius 2 is 1.87 bits per heavy atom. The van der Waals surface area contributed by atoms with Crippen LogP contribution in [0.15, 0.2) is 17.2 Å². The fraction of sp³-hybridized carbons (Fsp3) is 0.231. The topological polar surface area (TPSA) is 117 Å². The molecule has 23 heavy (non-hydrogen) atoms. The number of carbonyl (C=O) groups is 3. The summed E-state index contributed by atoms with van der Waals surface area (Å²) in [5.41, 5.74) is 2.45. The highest BCUT2D eigenvalue weighted by atomic mass is 35.5. The van der Waals surface area contributed by atoms with E-state index in [1.807, 2.05) is 5.43 Å². The number of likely N-dealkylation sites (N-methyl/N-ethyl adjacent to an activating group) is 1. The van der Waals surface area contributed by atoms with Gasteiger partial charge in [0.05, 0.1) is 16.3 Å². The molecule has 124 valence electrons. The fourth-order valence-corrected chi connectivity index (χ4v) is 2.00. The third-order valence-electron chi connectivity index (χ3n) is 2.28. The summed E-state index contributed by atoms with van der Waals surface area (Å²) in [7, 11) is 0. The number of ether oxygens (including phenoxy) is 1. The Kier molecular flexibility index (Phi) is 7.30. The number of hydrogen-bond donors (Lipinski definition) is 3. The Morgan fingerprint density at radius 3 is 2.39 bits per heavy atom. The number of nitrogens with one attached hydrogen (secondary N) is 2.